The molecule has 17 heavy (non-hydrogen) atoms. The van der Waals surface area contributed by atoms with Gasteiger partial charge in [0.1, 0.15) is 0 Å². The first-order valence-corrected chi connectivity index (χ1v) is 6.81. The zero-order valence-electron chi connectivity index (χ0n) is 12.0. The van der Waals surface area contributed by atoms with E-state index in [2.05, 4.69) is 51.2 Å². The molecule has 0 saturated heterocycles. The summed E-state index contributed by atoms with van der Waals surface area (Å²) in [5.74, 6) is 0.706. The van der Waals surface area contributed by atoms with E-state index in [1.807, 2.05) is 4.68 Å². The normalized spacial score (nSPS) is 13.3. The molecule has 0 amide bonds. The first-order valence-electron chi connectivity index (χ1n) is 6.81. The summed E-state index contributed by atoms with van der Waals surface area (Å²) in [5, 5.41) is 8.04. The maximum Gasteiger partial charge on any atom is 0.0624 e. The van der Waals surface area contributed by atoms with Crippen molar-refractivity contribution < 1.29 is 0 Å². The summed E-state index contributed by atoms with van der Waals surface area (Å²) < 4.78 is 2.04. The van der Waals surface area contributed by atoms with Gasteiger partial charge in [0.2, 0.25) is 0 Å². The molecule has 1 aromatic rings. The summed E-state index contributed by atoms with van der Waals surface area (Å²) in [6.45, 7) is 9.92. The second-order valence-corrected chi connectivity index (χ2v) is 5.15. The quantitative estimate of drug-likeness (QED) is 0.790. The first-order chi connectivity index (χ1) is 8.06. The highest BCUT2D eigenvalue weighted by Gasteiger charge is 2.11. The van der Waals surface area contributed by atoms with Crippen LogP contribution in [0.5, 0.6) is 0 Å². The minimum atomic E-state index is 0.571. The van der Waals surface area contributed by atoms with Crippen LogP contribution in [0.15, 0.2) is 6.07 Å². The van der Waals surface area contributed by atoms with Crippen molar-refractivity contribution in [3.05, 3.63) is 17.5 Å². The minimum absolute atomic E-state index is 0.571. The van der Waals surface area contributed by atoms with E-state index < -0.39 is 0 Å². The summed E-state index contributed by atoms with van der Waals surface area (Å²) in [7, 11) is 2.05. The Hall–Kier alpha value is -0.830. The molecule has 1 atom stereocenters. The fourth-order valence-corrected chi connectivity index (χ4v) is 1.99. The molecule has 3 nitrogen and oxygen atoms in total. The molecule has 0 bridgehead atoms. The number of rotatable bonds is 7. The zero-order valence-corrected chi connectivity index (χ0v) is 12.0. The molecule has 0 saturated carbocycles. The highest BCUT2D eigenvalue weighted by Crippen LogP contribution is 2.13. The van der Waals surface area contributed by atoms with Gasteiger partial charge < -0.3 is 5.32 Å². The molecule has 1 heterocycles. The van der Waals surface area contributed by atoms with Gasteiger partial charge in [0.25, 0.3) is 0 Å². The lowest BCUT2D eigenvalue weighted by Crippen LogP contribution is -2.30. The van der Waals surface area contributed by atoms with Crippen LogP contribution in [0.1, 0.15) is 45.5 Å². The van der Waals surface area contributed by atoms with E-state index in [0.717, 1.165) is 19.4 Å². The van der Waals surface area contributed by atoms with Crippen molar-refractivity contribution >= 4 is 0 Å². The van der Waals surface area contributed by atoms with Crippen molar-refractivity contribution in [2.24, 2.45) is 13.0 Å². The van der Waals surface area contributed by atoms with Gasteiger partial charge in [-0.3, -0.25) is 4.68 Å². The Kier molecular flexibility index (Phi) is 5.69. The lowest BCUT2D eigenvalue weighted by atomic mass is 9.99. The molecule has 3 heteroatoms. The van der Waals surface area contributed by atoms with Crippen LogP contribution in [0, 0.1) is 5.92 Å². The SMILES string of the molecule is CCc1cc(CC(CC)CNC(C)C)n(C)n1. The predicted octanol–water partition coefficient (Wildman–Crippen LogP) is 2.55. The highest BCUT2D eigenvalue weighted by molar-refractivity contribution is 5.10. The second kappa shape index (κ2) is 6.80. The fourth-order valence-electron chi connectivity index (χ4n) is 1.99. The third kappa shape index (κ3) is 4.50. The van der Waals surface area contributed by atoms with Crippen molar-refractivity contribution in [1.82, 2.24) is 15.1 Å². The molecule has 0 fully saturated rings. The number of nitrogens with zero attached hydrogens (tertiary/aromatic N) is 2. The summed E-state index contributed by atoms with van der Waals surface area (Å²) >= 11 is 0. The molecule has 0 radical (unpaired) electrons. The predicted molar refractivity (Wildman–Crippen MR) is 73.2 cm³/mol. The van der Waals surface area contributed by atoms with Crippen LogP contribution in [0.25, 0.3) is 0 Å². The monoisotopic (exact) mass is 237 g/mol. The highest BCUT2D eigenvalue weighted by atomic mass is 15.3. The van der Waals surface area contributed by atoms with Crippen molar-refractivity contribution in [3.63, 3.8) is 0 Å². The van der Waals surface area contributed by atoms with E-state index in [4.69, 9.17) is 0 Å². The van der Waals surface area contributed by atoms with Crippen LogP contribution < -0.4 is 5.32 Å². The van der Waals surface area contributed by atoms with Gasteiger partial charge in [0.05, 0.1) is 5.69 Å². The number of aryl methyl sites for hydroxylation is 2. The van der Waals surface area contributed by atoms with Crippen molar-refractivity contribution in [2.75, 3.05) is 6.54 Å². The van der Waals surface area contributed by atoms with Crippen LogP contribution in [0.3, 0.4) is 0 Å². The van der Waals surface area contributed by atoms with Gasteiger partial charge in [-0.05, 0) is 31.4 Å². The Morgan fingerprint density at radius 1 is 1.35 bits per heavy atom. The van der Waals surface area contributed by atoms with E-state index in [-0.39, 0.29) is 0 Å². The molecule has 1 aromatic heterocycles. The van der Waals surface area contributed by atoms with E-state index >= 15 is 0 Å². The molecule has 1 rings (SSSR count). The van der Waals surface area contributed by atoms with Crippen LogP contribution in [-0.4, -0.2) is 22.4 Å². The van der Waals surface area contributed by atoms with Crippen LogP contribution >= 0.6 is 0 Å². The third-order valence-corrected chi connectivity index (χ3v) is 3.28. The molecule has 0 spiro atoms. The van der Waals surface area contributed by atoms with Gasteiger partial charge in [-0.25, -0.2) is 0 Å². The number of hydrogen-bond acceptors (Lipinski definition) is 2. The maximum atomic E-state index is 4.51. The summed E-state index contributed by atoms with van der Waals surface area (Å²) in [5.41, 5.74) is 2.56. The lowest BCUT2D eigenvalue weighted by molar-refractivity contribution is 0.426. The molecular weight excluding hydrogens is 210 g/mol. The summed E-state index contributed by atoms with van der Waals surface area (Å²) in [4.78, 5) is 0. The number of nitrogens with one attached hydrogen (secondary N) is 1. The molecule has 98 valence electrons. The standard InChI is InChI=1S/C14H27N3/c1-6-12(10-15-11(3)4)8-14-9-13(7-2)16-17(14)5/h9,11-12,15H,6-8,10H2,1-5H3. The Balaban J connectivity index is 2.57. The minimum Gasteiger partial charge on any atom is -0.314 e. The van der Waals surface area contributed by atoms with Crippen LogP contribution in [0.4, 0.5) is 0 Å². The van der Waals surface area contributed by atoms with Gasteiger partial charge in [0, 0.05) is 18.8 Å². The first kappa shape index (κ1) is 14.2. The van der Waals surface area contributed by atoms with E-state index in [9.17, 15) is 0 Å². The molecular formula is C14H27N3. The molecule has 1 N–H and O–H groups in total. The number of aromatic nitrogens is 2. The molecule has 0 aromatic carbocycles. The molecule has 0 aliphatic carbocycles. The molecule has 1 unspecified atom stereocenters. The van der Waals surface area contributed by atoms with Crippen LogP contribution in [-0.2, 0) is 19.9 Å². The van der Waals surface area contributed by atoms with Gasteiger partial charge in [-0.2, -0.15) is 5.10 Å². The lowest BCUT2D eigenvalue weighted by Gasteiger charge is -2.17. The van der Waals surface area contributed by atoms with Gasteiger partial charge >= 0.3 is 0 Å². The maximum absolute atomic E-state index is 4.51. The Morgan fingerprint density at radius 3 is 2.53 bits per heavy atom. The van der Waals surface area contributed by atoms with Gasteiger partial charge in [-0.15, -0.1) is 0 Å². The summed E-state index contributed by atoms with van der Waals surface area (Å²) in [6.07, 6.45) is 3.36. The van der Waals surface area contributed by atoms with Crippen molar-refractivity contribution in [3.8, 4) is 0 Å². The number of hydrogen-bond donors (Lipinski definition) is 1. The van der Waals surface area contributed by atoms with Gasteiger partial charge in [0.15, 0.2) is 0 Å². The summed E-state index contributed by atoms with van der Waals surface area (Å²) in [6, 6.07) is 2.82. The zero-order chi connectivity index (χ0) is 12.8. The Bertz CT molecular complexity index is 328. The topological polar surface area (TPSA) is 29.9 Å². The average molecular weight is 237 g/mol. The van der Waals surface area contributed by atoms with E-state index in [1.54, 1.807) is 0 Å². The van der Waals surface area contributed by atoms with Crippen LogP contribution in [0.2, 0.25) is 0 Å². The molecule has 0 aliphatic rings. The second-order valence-electron chi connectivity index (χ2n) is 5.15. The fraction of sp³-hybridized carbons (Fsp3) is 0.786. The van der Waals surface area contributed by atoms with Crippen molar-refractivity contribution in [1.29, 1.82) is 0 Å². The average Bonchev–Trinajstić information content (AvgIpc) is 2.65. The van der Waals surface area contributed by atoms with Crippen molar-refractivity contribution in [2.45, 2.75) is 53.0 Å². The smallest absolute Gasteiger partial charge is 0.0624 e. The van der Waals surface area contributed by atoms with Gasteiger partial charge in [-0.1, -0.05) is 34.1 Å². The third-order valence-electron chi connectivity index (χ3n) is 3.28. The van der Waals surface area contributed by atoms with E-state index in [1.165, 1.54) is 17.8 Å². The Labute approximate surface area is 106 Å². The van der Waals surface area contributed by atoms with E-state index in [0.29, 0.717) is 12.0 Å². The molecule has 0 aliphatic heterocycles. The largest absolute Gasteiger partial charge is 0.314 e. The Morgan fingerprint density at radius 2 is 2.06 bits per heavy atom.